The van der Waals surface area contributed by atoms with Crippen molar-refractivity contribution in [2.75, 3.05) is 0 Å². The van der Waals surface area contributed by atoms with E-state index in [1.165, 1.54) is 11.5 Å². The van der Waals surface area contributed by atoms with Gasteiger partial charge in [-0.05, 0) is 18.5 Å². The summed E-state index contributed by atoms with van der Waals surface area (Å²) in [4.78, 5) is 10.5. The number of nitrogens with zero attached hydrogens (tertiary/aromatic N) is 1. The van der Waals surface area contributed by atoms with Crippen LogP contribution >= 0.6 is 11.5 Å². The normalized spacial score (nSPS) is 9.75. The molecule has 0 fully saturated rings. The van der Waals surface area contributed by atoms with Crippen LogP contribution in [0.1, 0.15) is 5.69 Å². The lowest BCUT2D eigenvalue weighted by Gasteiger charge is -1.86. The molecule has 0 aliphatic heterocycles. The van der Waals surface area contributed by atoms with Gasteiger partial charge in [0, 0.05) is 18.8 Å². The Morgan fingerprint density at radius 3 is 2.50 bits per heavy atom. The Morgan fingerprint density at radius 1 is 1.75 bits per heavy atom. The molecule has 1 heterocycles. The smallest absolute Gasteiger partial charge is 0.249 e. The van der Waals surface area contributed by atoms with Crippen molar-refractivity contribution in [3.8, 4) is 0 Å². The van der Waals surface area contributed by atoms with Gasteiger partial charge in [-0.3, -0.25) is 4.79 Å². The zero-order valence-corrected chi connectivity index (χ0v) is 5.66. The molecule has 0 aromatic carbocycles. The van der Waals surface area contributed by atoms with E-state index in [0.717, 1.165) is 5.69 Å². The van der Waals surface area contributed by atoms with E-state index < -0.39 is 0 Å². The van der Waals surface area contributed by atoms with Crippen molar-refractivity contribution in [2.45, 2.75) is 6.92 Å². The minimum absolute atomic E-state index is 0.130. The van der Waals surface area contributed by atoms with Gasteiger partial charge in [0.25, 0.3) is 0 Å². The van der Waals surface area contributed by atoms with Gasteiger partial charge in [0.2, 0.25) is 4.74 Å². The van der Waals surface area contributed by atoms with E-state index in [0.29, 0.717) is 0 Å². The molecule has 3 heteroatoms. The van der Waals surface area contributed by atoms with Crippen molar-refractivity contribution in [3.63, 3.8) is 0 Å². The molecule has 0 spiro atoms. The van der Waals surface area contributed by atoms with Gasteiger partial charge in [0.1, 0.15) is 0 Å². The largest absolute Gasteiger partial charge is 0.302 e. The van der Waals surface area contributed by atoms with Crippen molar-refractivity contribution in [1.82, 2.24) is 3.96 Å². The zero-order chi connectivity index (χ0) is 6.15. The minimum Gasteiger partial charge on any atom is -0.302 e. The summed E-state index contributed by atoms with van der Waals surface area (Å²) in [5.41, 5.74) is 1.03. The van der Waals surface area contributed by atoms with Crippen LogP contribution in [0.2, 0.25) is 0 Å². The van der Waals surface area contributed by atoms with Crippen molar-refractivity contribution in [2.24, 2.45) is 7.05 Å². The number of rotatable bonds is 0. The Morgan fingerprint density at radius 2 is 2.38 bits per heavy atom. The molecule has 1 rings (SSSR count). The first kappa shape index (κ1) is 5.56. The summed E-state index contributed by atoms with van der Waals surface area (Å²) < 4.78 is 1.98. The monoisotopic (exact) mass is 129 g/mol. The minimum atomic E-state index is 0.130. The summed E-state index contributed by atoms with van der Waals surface area (Å²) in [5.74, 6) is 0. The fourth-order valence-corrected chi connectivity index (χ4v) is 1.18. The third-order valence-electron chi connectivity index (χ3n) is 1.05. The Hall–Kier alpha value is -0.570. The molecule has 44 valence electrons. The molecule has 1 aromatic rings. The molecule has 0 bridgehead atoms. The van der Waals surface area contributed by atoms with Crippen LogP contribution in [0.3, 0.4) is 0 Å². The van der Waals surface area contributed by atoms with Gasteiger partial charge in [0.05, 0.1) is 0 Å². The standard InChI is InChI=1S/C5H7NOS/c1-4-3-5(7)8-6(4)2/h3H,1-2H3. The van der Waals surface area contributed by atoms with Crippen molar-refractivity contribution in [3.05, 3.63) is 21.3 Å². The summed E-state index contributed by atoms with van der Waals surface area (Å²) in [6.07, 6.45) is 0. The molecule has 0 unspecified atom stereocenters. The maximum absolute atomic E-state index is 10.5. The van der Waals surface area contributed by atoms with E-state index in [4.69, 9.17) is 0 Å². The van der Waals surface area contributed by atoms with Gasteiger partial charge in [0.15, 0.2) is 0 Å². The maximum atomic E-state index is 10.5. The van der Waals surface area contributed by atoms with Crippen LogP contribution in [0.25, 0.3) is 0 Å². The fraction of sp³-hybridized carbons (Fsp3) is 0.400. The van der Waals surface area contributed by atoms with Crippen molar-refractivity contribution in [1.29, 1.82) is 0 Å². The highest BCUT2D eigenvalue weighted by atomic mass is 32.1. The van der Waals surface area contributed by atoms with E-state index in [1.54, 1.807) is 6.07 Å². The highest BCUT2D eigenvalue weighted by Crippen LogP contribution is 1.94. The molecular formula is C5H7NOS. The van der Waals surface area contributed by atoms with Crippen LogP contribution in [-0.2, 0) is 7.05 Å². The summed E-state index contributed by atoms with van der Waals surface area (Å²) >= 11 is 1.23. The quantitative estimate of drug-likeness (QED) is 0.506. The third-order valence-corrected chi connectivity index (χ3v) is 1.91. The zero-order valence-electron chi connectivity index (χ0n) is 4.84. The highest BCUT2D eigenvalue weighted by Gasteiger charge is 1.91. The summed E-state index contributed by atoms with van der Waals surface area (Å²) in [5, 5.41) is 0. The molecule has 0 amide bonds. The van der Waals surface area contributed by atoms with Crippen LogP contribution in [0.15, 0.2) is 10.9 Å². The summed E-state index contributed by atoms with van der Waals surface area (Å²) in [7, 11) is 1.88. The second kappa shape index (κ2) is 1.74. The van der Waals surface area contributed by atoms with Gasteiger partial charge in [-0.2, -0.15) is 0 Å². The molecule has 2 nitrogen and oxygen atoms in total. The molecule has 0 radical (unpaired) electrons. The highest BCUT2D eigenvalue weighted by molar-refractivity contribution is 7.03. The lowest BCUT2D eigenvalue weighted by molar-refractivity contribution is 0.972. The summed E-state index contributed by atoms with van der Waals surface area (Å²) in [6.45, 7) is 1.91. The number of aryl methyl sites for hydroxylation is 2. The Kier molecular flexibility index (Phi) is 1.21. The maximum Gasteiger partial charge on any atom is 0.249 e. The average Bonchev–Trinajstić information content (AvgIpc) is 1.85. The van der Waals surface area contributed by atoms with Crippen LogP contribution in [0.5, 0.6) is 0 Å². The molecule has 0 aliphatic carbocycles. The molecule has 1 aromatic heterocycles. The number of hydrogen-bond donors (Lipinski definition) is 0. The van der Waals surface area contributed by atoms with Crippen LogP contribution < -0.4 is 4.74 Å². The molecule has 0 N–H and O–H groups in total. The van der Waals surface area contributed by atoms with E-state index in [9.17, 15) is 4.79 Å². The molecule has 8 heavy (non-hydrogen) atoms. The van der Waals surface area contributed by atoms with Gasteiger partial charge >= 0.3 is 0 Å². The molecule has 0 aliphatic rings. The average molecular weight is 129 g/mol. The molecular weight excluding hydrogens is 122 g/mol. The van der Waals surface area contributed by atoms with Crippen LogP contribution in [-0.4, -0.2) is 3.96 Å². The SMILES string of the molecule is Cc1cc(=O)sn1C. The number of hydrogen-bond acceptors (Lipinski definition) is 2. The Labute approximate surface area is 51.5 Å². The van der Waals surface area contributed by atoms with E-state index in [2.05, 4.69) is 0 Å². The first-order valence-electron chi connectivity index (χ1n) is 2.34. The predicted molar refractivity (Wildman–Crippen MR) is 34.3 cm³/mol. The van der Waals surface area contributed by atoms with Gasteiger partial charge in [-0.25, -0.2) is 0 Å². The first-order valence-corrected chi connectivity index (χ1v) is 3.11. The van der Waals surface area contributed by atoms with E-state index in [1.807, 2.05) is 17.9 Å². The first-order chi connectivity index (χ1) is 3.70. The number of aromatic nitrogens is 1. The molecule has 0 saturated heterocycles. The lowest BCUT2D eigenvalue weighted by Crippen LogP contribution is -1.82. The van der Waals surface area contributed by atoms with E-state index >= 15 is 0 Å². The Bertz CT molecular complexity index is 212. The second-order valence-corrected chi connectivity index (χ2v) is 2.83. The Balaban J connectivity index is 3.35. The fourth-order valence-electron chi connectivity index (χ4n) is 0.495. The van der Waals surface area contributed by atoms with Gasteiger partial charge in [-0.15, -0.1) is 0 Å². The third kappa shape index (κ3) is 0.816. The van der Waals surface area contributed by atoms with Gasteiger partial charge in [-0.1, -0.05) is 0 Å². The van der Waals surface area contributed by atoms with Crippen LogP contribution in [0.4, 0.5) is 0 Å². The molecule has 0 saturated carbocycles. The van der Waals surface area contributed by atoms with Gasteiger partial charge < -0.3 is 3.96 Å². The van der Waals surface area contributed by atoms with Crippen molar-refractivity contribution < 1.29 is 0 Å². The van der Waals surface area contributed by atoms with Crippen LogP contribution in [0, 0.1) is 6.92 Å². The lowest BCUT2D eigenvalue weighted by atomic mass is 10.5. The topological polar surface area (TPSA) is 22.0 Å². The predicted octanol–water partition coefficient (Wildman–Crippen LogP) is 0.755. The summed E-state index contributed by atoms with van der Waals surface area (Å²) in [6, 6.07) is 1.63. The van der Waals surface area contributed by atoms with E-state index in [-0.39, 0.29) is 4.74 Å². The van der Waals surface area contributed by atoms with Crippen molar-refractivity contribution >= 4 is 11.5 Å². The second-order valence-electron chi connectivity index (χ2n) is 1.69. The molecule has 0 atom stereocenters.